The number of aryl methyl sites for hydroxylation is 2. The number of para-hydroxylation sites is 2. The molecule has 0 radical (unpaired) electrons. The lowest BCUT2D eigenvalue weighted by molar-refractivity contribution is -0.139. The second-order valence-corrected chi connectivity index (χ2v) is 8.69. The molecule has 9 nitrogen and oxygen atoms in total. The van der Waals surface area contributed by atoms with Crippen molar-refractivity contribution < 1.29 is 14.7 Å². The predicted molar refractivity (Wildman–Crippen MR) is 124 cm³/mol. The Labute approximate surface area is 191 Å². The van der Waals surface area contributed by atoms with E-state index in [2.05, 4.69) is 27.4 Å². The maximum absolute atomic E-state index is 12.9. The highest BCUT2D eigenvalue weighted by atomic mass is 16.4. The van der Waals surface area contributed by atoms with Gasteiger partial charge in [-0.1, -0.05) is 18.2 Å². The van der Waals surface area contributed by atoms with E-state index in [0.717, 1.165) is 54.8 Å². The summed E-state index contributed by atoms with van der Waals surface area (Å²) in [5.41, 5.74) is 3.81. The first-order valence-corrected chi connectivity index (χ1v) is 11.5. The number of hydrogen-bond acceptors (Lipinski definition) is 5. The van der Waals surface area contributed by atoms with Gasteiger partial charge in [0.1, 0.15) is 17.6 Å². The van der Waals surface area contributed by atoms with Gasteiger partial charge in [-0.05, 0) is 49.4 Å². The van der Waals surface area contributed by atoms with Gasteiger partial charge in [-0.25, -0.2) is 14.8 Å². The van der Waals surface area contributed by atoms with Gasteiger partial charge in [-0.2, -0.15) is 0 Å². The number of aromatic amines is 1. The van der Waals surface area contributed by atoms with E-state index in [1.165, 1.54) is 5.56 Å². The molecule has 1 saturated heterocycles. The molecule has 0 spiro atoms. The molecule has 0 saturated carbocycles. The summed E-state index contributed by atoms with van der Waals surface area (Å²) in [5.74, 6) is -0.518. The van der Waals surface area contributed by atoms with Crippen LogP contribution >= 0.6 is 0 Å². The number of carboxylic acids is 1. The Morgan fingerprint density at radius 2 is 1.97 bits per heavy atom. The van der Waals surface area contributed by atoms with Crippen LogP contribution in [0.4, 0.5) is 10.6 Å². The molecule has 3 aromatic rings. The lowest BCUT2D eigenvalue weighted by atomic mass is 10.1. The fourth-order valence-corrected chi connectivity index (χ4v) is 4.61. The molecule has 2 aliphatic heterocycles. The van der Waals surface area contributed by atoms with E-state index in [4.69, 9.17) is 4.98 Å². The van der Waals surface area contributed by atoms with Gasteiger partial charge in [-0.3, -0.25) is 4.79 Å². The van der Waals surface area contributed by atoms with Crippen LogP contribution in [0.1, 0.15) is 35.8 Å². The van der Waals surface area contributed by atoms with Crippen molar-refractivity contribution >= 4 is 28.9 Å². The first-order valence-electron chi connectivity index (χ1n) is 11.5. The normalized spacial score (nSPS) is 16.7. The number of amides is 2. The van der Waals surface area contributed by atoms with Gasteiger partial charge in [0.25, 0.3) is 0 Å². The Bertz CT molecular complexity index is 1140. The molecular formula is C24H28N6O3. The van der Waals surface area contributed by atoms with Crippen LogP contribution in [0.25, 0.3) is 11.0 Å². The van der Waals surface area contributed by atoms with Crippen LogP contribution in [0.15, 0.2) is 36.4 Å². The average molecular weight is 449 g/mol. The van der Waals surface area contributed by atoms with Crippen molar-refractivity contribution in [2.24, 2.45) is 0 Å². The zero-order valence-corrected chi connectivity index (χ0v) is 18.5. The van der Waals surface area contributed by atoms with Crippen LogP contribution in [-0.4, -0.2) is 74.6 Å². The van der Waals surface area contributed by atoms with Gasteiger partial charge in [-0.15, -0.1) is 0 Å². The largest absolute Gasteiger partial charge is 0.481 e. The van der Waals surface area contributed by atoms with E-state index in [0.29, 0.717) is 25.5 Å². The third-order valence-corrected chi connectivity index (χ3v) is 6.43. The number of nitrogens with one attached hydrogen (secondary N) is 2. The highest BCUT2D eigenvalue weighted by Crippen LogP contribution is 2.23. The number of hydrogen-bond donors (Lipinski definition) is 3. The SMILES string of the molecule is O=C(O)[C@H](CN1CCN(CCCc2ccc3c(n2)NCCC3)C1=O)c1nc2ccccc2[nH]1. The average Bonchev–Trinajstić information content (AvgIpc) is 3.40. The van der Waals surface area contributed by atoms with Crippen molar-refractivity contribution in [3.05, 3.63) is 53.5 Å². The number of aliphatic carboxylic acids is 1. The van der Waals surface area contributed by atoms with E-state index in [1.54, 1.807) is 9.80 Å². The van der Waals surface area contributed by atoms with E-state index in [9.17, 15) is 14.7 Å². The molecule has 3 N–H and O–H groups in total. The molecule has 2 amide bonds. The molecular weight excluding hydrogens is 420 g/mol. The first kappa shape index (κ1) is 21.2. The quantitative estimate of drug-likeness (QED) is 0.488. The molecule has 2 aliphatic rings. The summed E-state index contributed by atoms with van der Waals surface area (Å²) in [6.45, 7) is 2.81. The molecule has 0 aliphatic carbocycles. The zero-order valence-electron chi connectivity index (χ0n) is 18.5. The van der Waals surface area contributed by atoms with Crippen molar-refractivity contribution in [1.82, 2.24) is 24.8 Å². The monoisotopic (exact) mass is 448 g/mol. The number of rotatable bonds is 8. The fraction of sp³-hybridized carbons (Fsp3) is 0.417. The number of pyridine rings is 1. The summed E-state index contributed by atoms with van der Waals surface area (Å²) in [7, 11) is 0. The molecule has 4 heterocycles. The summed E-state index contributed by atoms with van der Waals surface area (Å²) in [6, 6.07) is 11.5. The van der Waals surface area contributed by atoms with Gasteiger partial charge in [0.2, 0.25) is 0 Å². The number of carbonyl (C=O) groups excluding carboxylic acids is 1. The number of carboxylic acid groups (broad SMARTS) is 1. The standard InChI is InChI=1S/C24H28N6O3/c31-23(32)18(22-27-19-7-1-2-8-20(19)28-22)15-30-14-13-29(24(30)33)12-4-6-17-10-9-16-5-3-11-25-21(16)26-17/h1-2,7-10,18H,3-6,11-15H2,(H,25,26)(H,27,28)(H,31,32)/t18-/m1/s1. The van der Waals surface area contributed by atoms with E-state index in [1.807, 2.05) is 24.3 Å². The number of urea groups is 1. The van der Waals surface area contributed by atoms with Gasteiger partial charge in [0.15, 0.2) is 0 Å². The molecule has 1 atom stereocenters. The lowest BCUT2D eigenvalue weighted by Crippen LogP contribution is -2.37. The number of fused-ring (bicyclic) bond motifs is 2. The fourth-order valence-electron chi connectivity index (χ4n) is 4.61. The highest BCUT2D eigenvalue weighted by molar-refractivity contribution is 5.81. The number of imidazole rings is 1. The maximum Gasteiger partial charge on any atom is 0.320 e. The molecule has 33 heavy (non-hydrogen) atoms. The van der Waals surface area contributed by atoms with Crippen LogP contribution in [0.3, 0.4) is 0 Å². The molecule has 9 heteroatoms. The molecule has 1 fully saturated rings. The Balaban J connectivity index is 1.17. The number of anilines is 1. The van der Waals surface area contributed by atoms with E-state index in [-0.39, 0.29) is 12.6 Å². The van der Waals surface area contributed by atoms with Crippen molar-refractivity contribution in [3.63, 3.8) is 0 Å². The van der Waals surface area contributed by atoms with Crippen molar-refractivity contribution in [2.45, 2.75) is 31.6 Å². The van der Waals surface area contributed by atoms with Crippen molar-refractivity contribution in [2.75, 3.05) is 38.0 Å². The number of benzene rings is 1. The first-order chi connectivity index (χ1) is 16.1. The van der Waals surface area contributed by atoms with Crippen LogP contribution in [0, 0.1) is 0 Å². The minimum absolute atomic E-state index is 0.0997. The van der Waals surface area contributed by atoms with E-state index >= 15 is 0 Å². The summed E-state index contributed by atoms with van der Waals surface area (Å²) in [5, 5.41) is 13.2. The predicted octanol–water partition coefficient (Wildman–Crippen LogP) is 2.85. The Kier molecular flexibility index (Phi) is 5.85. The molecule has 1 aromatic carbocycles. The topological polar surface area (TPSA) is 114 Å². The Hall–Kier alpha value is -3.62. The van der Waals surface area contributed by atoms with Gasteiger partial charge in [0.05, 0.1) is 11.0 Å². The minimum Gasteiger partial charge on any atom is -0.481 e. The molecule has 172 valence electrons. The van der Waals surface area contributed by atoms with Crippen LogP contribution in [0.2, 0.25) is 0 Å². The summed E-state index contributed by atoms with van der Waals surface area (Å²) >= 11 is 0. The van der Waals surface area contributed by atoms with Gasteiger partial charge in [0, 0.05) is 38.4 Å². The van der Waals surface area contributed by atoms with Gasteiger partial charge < -0.3 is 25.2 Å². The second kappa shape index (κ2) is 9.09. The molecule has 0 bridgehead atoms. The minimum atomic E-state index is -0.993. The third kappa shape index (κ3) is 4.48. The third-order valence-electron chi connectivity index (χ3n) is 6.43. The van der Waals surface area contributed by atoms with Gasteiger partial charge >= 0.3 is 12.0 Å². The Morgan fingerprint density at radius 3 is 2.82 bits per heavy atom. The van der Waals surface area contributed by atoms with Crippen molar-refractivity contribution in [1.29, 1.82) is 0 Å². The number of aromatic nitrogens is 3. The number of H-pyrrole nitrogens is 1. The summed E-state index contributed by atoms with van der Waals surface area (Å²) in [4.78, 5) is 40.5. The molecule has 2 aromatic heterocycles. The van der Waals surface area contributed by atoms with E-state index < -0.39 is 11.9 Å². The highest BCUT2D eigenvalue weighted by Gasteiger charge is 2.34. The van der Waals surface area contributed by atoms with Crippen LogP contribution in [-0.2, 0) is 17.6 Å². The number of carbonyl (C=O) groups is 2. The smallest absolute Gasteiger partial charge is 0.320 e. The summed E-state index contributed by atoms with van der Waals surface area (Å²) in [6.07, 6.45) is 3.83. The molecule has 5 rings (SSSR count). The number of nitrogens with zero attached hydrogens (tertiary/aromatic N) is 4. The second-order valence-electron chi connectivity index (χ2n) is 8.69. The zero-order chi connectivity index (χ0) is 22.8. The maximum atomic E-state index is 12.9. The van der Waals surface area contributed by atoms with Crippen LogP contribution in [0.5, 0.6) is 0 Å². The Morgan fingerprint density at radius 1 is 1.12 bits per heavy atom. The van der Waals surface area contributed by atoms with Crippen LogP contribution < -0.4 is 5.32 Å². The molecule has 0 unspecified atom stereocenters. The summed E-state index contributed by atoms with van der Waals surface area (Å²) < 4.78 is 0. The van der Waals surface area contributed by atoms with Crippen molar-refractivity contribution in [3.8, 4) is 0 Å². The lowest BCUT2D eigenvalue weighted by Gasteiger charge is -2.21.